The highest BCUT2D eigenvalue weighted by Crippen LogP contribution is 2.37. The molecule has 0 unspecified atom stereocenters. The number of imidazole rings is 1. The summed E-state index contributed by atoms with van der Waals surface area (Å²) in [6.45, 7) is 1.81. The molecular weight excluding hydrogens is 441 g/mol. The van der Waals surface area contributed by atoms with Crippen LogP contribution in [0.4, 0.5) is 18.9 Å². The molecule has 32 heavy (non-hydrogen) atoms. The fraction of sp³-hybridized carbons (Fsp3) is 0.182. The predicted octanol–water partition coefficient (Wildman–Crippen LogP) is 4.90. The molecule has 0 saturated heterocycles. The van der Waals surface area contributed by atoms with Crippen LogP contribution in [0.2, 0.25) is 0 Å². The summed E-state index contributed by atoms with van der Waals surface area (Å²) >= 11 is -0.239. The second kappa shape index (κ2) is 8.27. The number of rotatable bonds is 5. The smallest absolute Gasteiger partial charge is 0.446 e. The second-order valence-electron chi connectivity index (χ2n) is 7.11. The standard InChI is InChI=1S/C22H19F3N4O2S/c1-13-20(30)29(16-4-6-17(7-5-16)32-22(23,24)25)21(31)28(13)12-14-9-10-27-19-11-15(26-2)3-8-18(14)19/h3-11,26,30H,12H2,1-2H3. The van der Waals surface area contributed by atoms with Crippen LogP contribution in [0.1, 0.15) is 11.3 Å². The Balaban J connectivity index is 1.72. The van der Waals surface area contributed by atoms with Crippen molar-refractivity contribution in [1.82, 2.24) is 14.1 Å². The third-order valence-electron chi connectivity index (χ3n) is 5.14. The van der Waals surface area contributed by atoms with Gasteiger partial charge in [0.25, 0.3) is 0 Å². The number of anilines is 1. The van der Waals surface area contributed by atoms with Gasteiger partial charge >= 0.3 is 11.2 Å². The van der Waals surface area contributed by atoms with E-state index in [1.807, 2.05) is 31.3 Å². The largest absolute Gasteiger partial charge is 0.493 e. The number of halogens is 3. The van der Waals surface area contributed by atoms with Gasteiger partial charge in [0, 0.05) is 29.2 Å². The molecule has 0 atom stereocenters. The van der Waals surface area contributed by atoms with Crippen molar-refractivity contribution in [3.63, 3.8) is 0 Å². The summed E-state index contributed by atoms with van der Waals surface area (Å²) in [6.07, 6.45) is 1.66. The van der Waals surface area contributed by atoms with E-state index in [4.69, 9.17) is 0 Å². The Morgan fingerprint density at radius 1 is 1.12 bits per heavy atom. The summed E-state index contributed by atoms with van der Waals surface area (Å²) < 4.78 is 40.2. The first kappa shape index (κ1) is 21.8. The van der Waals surface area contributed by atoms with Crippen LogP contribution < -0.4 is 11.0 Å². The van der Waals surface area contributed by atoms with Crippen molar-refractivity contribution in [2.45, 2.75) is 23.9 Å². The molecular formula is C22H19F3N4O2S. The van der Waals surface area contributed by atoms with Crippen molar-refractivity contribution in [3.05, 3.63) is 76.5 Å². The lowest BCUT2D eigenvalue weighted by molar-refractivity contribution is -0.0328. The first-order valence-corrected chi connectivity index (χ1v) is 10.4. The lowest BCUT2D eigenvalue weighted by Crippen LogP contribution is -2.24. The highest BCUT2D eigenvalue weighted by molar-refractivity contribution is 8.00. The van der Waals surface area contributed by atoms with Crippen molar-refractivity contribution in [1.29, 1.82) is 0 Å². The number of hydrogen-bond donors (Lipinski definition) is 2. The van der Waals surface area contributed by atoms with Gasteiger partial charge in [0.1, 0.15) is 0 Å². The van der Waals surface area contributed by atoms with E-state index < -0.39 is 11.2 Å². The Hall–Kier alpha value is -3.40. The van der Waals surface area contributed by atoms with E-state index in [9.17, 15) is 23.1 Å². The van der Waals surface area contributed by atoms with Gasteiger partial charge in [-0.05, 0) is 66.7 Å². The van der Waals surface area contributed by atoms with Gasteiger partial charge in [-0.15, -0.1) is 0 Å². The SMILES string of the molecule is CNc1ccc2c(Cn3c(C)c(O)n(-c4ccc(SC(F)(F)F)cc4)c3=O)ccnc2c1. The van der Waals surface area contributed by atoms with Gasteiger partial charge in [-0.25, -0.2) is 9.36 Å². The van der Waals surface area contributed by atoms with Crippen LogP contribution in [0.5, 0.6) is 5.88 Å². The molecule has 0 radical (unpaired) electrons. The van der Waals surface area contributed by atoms with E-state index in [0.717, 1.165) is 26.7 Å². The average Bonchev–Trinajstić information content (AvgIpc) is 2.96. The minimum Gasteiger partial charge on any atom is -0.493 e. The summed E-state index contributed by atoms with van der Waals surface area (Å²) in [5.74, 6) is -0.262. The minimum absolute atomic E-state index is 0.00543. The molecule has 4 aromatic rings. The molecule has 10 heteroatoms. The third kappa shape index (κ3) is 4.18. The monoisotopic (exact) mass is 460 g/mol. The van der Waals surface area contributed by atoms with Crippen LogP contribution in [-0.4, -0.2) is 31.8 Å². The summed E-state index contributed by atoms with van der Waals surface area (Å²) in [6, 6.07) is 12.8. The van der Waals surface area contributed by atoms with E-state index in [-0.39, 0.29) is 34.8 Å². The summed E-state index contributed by atoms with van der Waals surface area (Å²) in [7, 11) is 1.81. The van der Waals surface area contributed by atoms with Gasteiger partial charge in [-0.3, -0.25) is 9.55 Å². The Morgan fingerprint density at radius 3 is 2.50 bits per heavy atom. The van der Waals surface area contributed by atoms with Gasteiger partial charge in [-0.2, -0.15) is 13.2 Å². The highest BCUT2D eigenvalue weighted by Gasteiger charge is 2.29. The lowest BCUT2D eigenvalue weighted by atomic mass is 10.1. The summed E-state index contributed by atoms with van der Waals surface area (Å²) in [5.41, 5.74) is -1.75. The van der Waals surface area contributed by atoms with Crippen LogP contribution in [0.15, 0.2) is 64.4 Å². The molecule has 0 fully saturated rings. The van der Waals surface area contributed by atoms with Crippen LogP contribution >= 0.6 is 11.8 Å². The fourth-order valence-electron chi connectivity index (χ4n) is 3.52. The molecule has 0 spiro atoms. The molecule has 2 aromatic carbocycles. The maximum atomic E-state index is 13.1. The second-order valence-corrected chi connectivity index (χ2v) is 8.25. The van der Waals surface area contributed by atoms with Crippen LogP contribution in [0.3, 0.4) is 0 Å². The Kier molecular flexibility index (Phi) is 5.64. The molecule has 2 aromatic heterocycles. The molecule has 0 bridgehead atoms. The van der Waals surface area contributed by atoms with Gasteiger partial charge in [0.15, 0.2) is 0 Å². The topological polar surface area (TPSA) is 72.1 Å². The molecule has 0 aliphatic carbocycles. The van der Waals surface area contributed by atoms with Crippen LogP contribution in [0, 0.1) is 6.92 Å². The normalized spacial score (nSPS) is 11.8. The maximum Gasteiger partial charge on any atom is 0.446 e. The Labute approximate surface area is 185 Å². The number of hydrogen-bond acceptors (Lipinski definition) is 5. The average molecular weight is 460 g/mol. The zero-order valence-electron chi connectivity index (χ0n) is 17.1. The number of benzene rings is 2. The van der Waals surface area contributed by atoms with E-state index in [0.29, 0.717) is 5.69 Å². The number of thioether (sulfide) groups is 1. The number of aromatic hydroxyl groups is 1. The summed E-state index contributed by atoms with van der Waals surface area (Å²) in [5, 5.41) is 14.5. The zero-order valence-corrected chi connectivity index (χ0v) is 18.0. The van der Waals surface area contributed by atoms with Gasteiger partial charge in [0.05, 0.1) is 23.4 Å². The number of aromatic nitrogens is 3. The van der Waals surface area contributed by atoms with Crippen molar-refractivity contribution in [2.24, 2.45) is 0 Å². The van der Waals surface area contributed by atoms with E-state index in [1.54, 1.807) is 13.1 Å². The lowest BCUT2D eigenvalue weighted by Gasteiger charge is -2.09. The third-order valence-corrected chi connectivity index (χ3v) is 5.88. The van der Waals surface area contributed by atoms with E-state index in [2.05, 4.69) is 10.3 Å². The number of nitrogens with zero attached hydrogens (tertiary/aromatic N) is 3. The summed E-state index contributed by atoms with van der Waals surface area (Å²) in [4.78, 5) is 17.5. The zero-order chi connectivity index (χ0) is 23.0. The number of fused-ring (bicyclic) bond motifs is 1. The first-order valence-electron chi connectivity index (χ1n) is 9.60. The van der Waals surface area contributed by atoms with Gasteiger partial charge in [-0.1, -0.05) is 6.07 Å². The fourth-order valence-corrected chi connectivity index (χ4v) is 4.06. The minimum atomic E-state index is -4.40. The number of alkyl halides is 3. The Bertz CT molecular complexity index is 1340. The molecule has 0 saturated carbocycles. The van der Waals surface area contributed by atoms with Crippen molar-refractivity contribution < 1.29 is 18.3 Å². The maximum absolute atomic E-state index is 13.1. The number of nitrogens with one attached hydrogen (secondary N) is 1. The van der Waals surface area contributed by atoms with Crippen LogP contribution in [0.25, 0.3) is 16.6 Å². The van der Waals surface area contributed by atoms with E-state index >= 15 is 0 Å². The molecule has 6 nitrogen and oxygen atoms in total. The van der Waals surface area contributed by atoms with Crippen LogP contribution in [-0.2, 0) is 6.54 Å². The van der Waals surface area contributed by atoms with E-state index in [1.165, 1.54) is 28.8 Å². The molecule has 0 aliphatic rings. The van der Waals surface area contributed by atoms with Crippen molar-refractivity contribution in [2.75, 3.05) is 12.4 Å². The van der Waals surface area contributed by atoms with Gasteiger partial charge in [0.2, 0.25) is 5.88 Å². The van der Waals surface area contributed by atoms with Crippen molar-refractivity contribution >= 4 is 28.4 Å². The predicted molar refractivity (Wildman–Crippen MR) is 119 cm³/mol. The molecule has 166 valence electrons. The van der Waals surface area contributed by atoms with Gasteiger partial charge < -0.3 is 10.4 Å². The highest BCUT2D eigenvalue weighted by atomic mass is 32.2. The molecule has 2 N–H and O–H groups in total. The quantitative estimate of drug-likeness (QED) is 0.415. The molecule has 2 heterocycles. The first-order chi connectivity index (χ1) is 15.2. The number of pyridine rings is 1. The molecule has 4 rings (SSSR count). The molecule has 0 amide bonds. The molecule has 0 aliphatic heterocycles. The van der Waals surface area contributed by atoms with Crippen molar-refractivity contribution in [3.8, 4) is 11.6 Å². The Morgan fingerprint density at radius 2 is 1.84 bits per heavy atom.